The van der Waals surface area contributed by atoms with Crippen LogP contribution in [0.1, 0.15) is 17.0 Å². The third kappa shape index (κ3) is 3.76. The zero-order valence-electron chi connectivity index (χ0n) is 13.7. The van der Waals surface area contributed by atoms with Gasteiger partial charge in [0.1, 0.15) is 5.82 Å². The summed E-state index contributed by atoms with van der Waals surface area (Å²) in [5.74, 6) is 1.16. The fraction of sp³-hybridized carbons (Fsp3) is 0.500. The number of hydrogen-bond donors (Lipinski definition) is 0. The lowest BCUT2D eigenvalue weighted by Crippen LogP contribution is -2.46. The van der Waals surface area contributed by atoms with Gasteiger partial charge in [-0.15, -0.1) is 0 Å². The summed E-state index contributed by atoms with van der Waals surface area (Å²) in [5, 5.41) is 0. The lowest BCUT2D eigenvalue weighted by molar-refractivity contribution is 0.125. The van der Waals surface area contributed by atoms with Gasteiger partial charge in [-0.1, -0.05) is 24.3 Å². The minimum atomic E-state index is 0.967. The molecule has 2 heterocycles. The predicted octanol–water partition coefficient (Wildman–Crippen LogP) is 2.09. The van der Waals surface area contributed by atoms with Crippen molar-refractivity contribution in [2.45, 2.75) is 19.9 Å². The lowest BCUT2D eigenvalue weighted by Gasteiger charge is -2.34. The van der Waals surface area contributed by atoms with E-state index in [9.17, 15) is 0 Å². The number of aryl methyl sites for hydroxylation is 2. The highest BCUT2D eigenvalue weighted by Crippen LogP contribution is 2.11. The quantitative estimate of drug-likeness (QED) is 0.845. The van der Waals surface area contributed by atoms with E-state index in [2.05, 4.69) is 57.6 Å². The molecule has 0 N–H and O–H groups in total. The van der Waals surface area contributed by atoms with Crippen molar-refractivity contribution in [3.63, 3.8) is 0 Å². The van der Waals surface area contributed by atoms with Crippen molar-refractivity contribution in [1.82, 2.24) is 19.4 Å². The summed E-state index contributed by atoms with van der Waals surface area (Å²) in [6.07, 6.45) is 5.06. The van der Waals surface area contributed by atoms with Crippen LogP contribution in [0.15, 0.2) is 36.7 Å². The van der Waals surface area contributed by atoms with Gasteiger partial charge in [-0.05, 0) is 24.5 Å². The smallest absolute Gasteiger partial charge is 0.122 e. The third-order valence-electron chi connectivity index (χ3n) is 4.71. The van der Waals surface area contributed by atoms with Crippen molar-refractivity contribution >= 4 is 0 Å². The van der Waals surface area contributed by atoms with Gasteiger partial charge in [0.05, 0.1) is 6.54 Å². The molecule has 1 aliphatic heterocycles. The van der Waals surface area contributed by atoms with Gasteiger partial charge in [0.25, 0.3) is 0 Å². The first kappa shape index (κ1) is 15.3. The van der Waals surface area contributed by atoms with Crippen LogP contribution < -0.4 is 0 Å². The highest BCUT2D eigenvalue weighted by Gasteiger charge is 2.18. The molecular weight excluding hydrogens is 272 g/mol. The maximum atomic E-state index is 4.42. The summed E-state index contributed by atoms with van der Waals surface area (Å²) in [6.45, 7) is 8.95. The Hall–Kier alpha value is -1.65. The van der Waals surface area contributed by atoms with Gasteiger partial charge < -0.3 is 9.47 Å². The molecule has 4 heteroatoms. The van der Waals surface area contributed by atoms with Crippen LogP contribution in [0.4, 0.5) is 0 Å². The summed E-state index contributed by atoms with van der Waals surface area (Å²) in [4.78, 5) is 9.51. The van der Waals surface area contributed by atoms with Crippen molar-refractivity contribution in [3.8, 4) is 0 Å². The zero-order chi connectivity index (χ0) is 15.4. The molecule has 1 aliphatic rings. The van der Waals surface area contributed by atoms with Gasteiger partial charge in [0.15, 0.2) is 0 Å². The van der Waals surface area contributed by atoms with Gasteiger partial charge >= 0.3 is 0 Å². The standard InChI is InChI=1S/C18H26N4/c1-16-5-3-4-6-17(16)7-9-21-11-13-22(14-12-21)15-18-19-8-10-20(18)2/h3-6,8,10H,7,9,11-15H2,1-2H3. The summed E-state index contributed by atoms with van der Waals surface area (Å²) in [6, 6.07) is 8.73. The Morgan fingerprint density at radius 3 is 2.45 bits per heavy atom. The van der Waals surface area contributed by atoms with E-state index in [1.54, 1.807) is 0 Å². The summed E-state index contributed by atoms with van der Waals surface area (Å²) < 4.78 is 2.12. The fourth-order valence-electron chi connectivity index (χ4n) is 3.09. The number of piperazine rings is 1. The maximum Gasteiger partial charge on any atom is 0.122 e. The molecule has 0 bridgehead atoms. The third-order valence-corrected chi connectivity index (χ3v) is 4.71. The molecule has 1 aromatic heterocycles. The Labute approximate surface area is 133 Å². The molecule has 0 atom stereocenters. The van der Waals surface area contributed by atoms with Crippen LogP contribution in [0.3, 0.4) is 0 Å². The van der Waals surface area contributed by atoms with Crippen molar-refractivity contribution < 1.29 is 0 Å². The molecule has 22 heavy (non-hydrogen) atoms. The summed E-state index contributed by atoms with van der Waals surface area (Å²) in [5.41, 5.74) is 2.90. The van der Waals surface area contributed by atoms with Crippen molar-refractivity contribution in [3.05, 3.63) is 53.6 Å². The van der Waals surface area contributed by atoms with Crippen LogP contribution in [0.2, 0.25) is 0 Å². The van der Waals surface area contributed by atoms with Gasteiger partial charge in [0.2, 0.25) is 0 Å². The van der Waals surface area contributed by atoms with Crippen molar-refractivity contribution in [2.24, 2.45) is 7.05 Å². The first-order valence-corrected chi connectivity index (χ1v) is 8.18. The van der Waals surface area contributed by atoms with E-state index in [-0.39, 0.29) is 0 Å². The van der Waals surface area contributed by atoms with Crippen LogP contribution in [-0.4, -0.2) is 52.1 Å². The molecule has 0 aliphatic carbocycles. The molecule has 1 saturated heterocycles. The van der Waals surface area contributed by atoms with Crippen molar-refractivity contribution in [2.75, 3.05) is 32.7 Å². The number of rotatable bonds is 5. The van der Waals surface area contributed by atoms with Gasteiger partial charge in [-0.25, -0.2) is 4.98 Å². The van der Waals surface area contributed by atoms with E-state index < -0.39 is 0 Å². The number of nitrogens with zero attached hydrogens (tertiary/aromatic N) is 4. The molecule has 0 spiro atoms. The summed E-state index contributed by atoms with van der Waals surface area (Å²) in [7, 11) is 2.07. The second-order valence-electron chi connectivity index (χ2n) is 6.25. The van der Waals surface area contributed by atoms with Crippen LogP contribution >= 0.6 is 0 Å². The van der Waals surface area contributed by atoms with Crippen LogP contribution in [-0.2, 0) is 20.0 Å². The Morgan fingerprint density at radius 1 is 1.05 bits per heavy atom. The molecule has 3 rings (SSSR count). The monoisotopic (exact) mass is 298 g/mol. The molecule has 0 radical (unpaired) electrons. The Bertz CT molecular complexity index is 597. The molecule has 4 nitrogen and oxygen atoms in total. The fourth-order valence-corrected chi connectivity index (χ4v) is 3.09. The first-order valence-electron chi connectivity index (χ1n) is 8.18. The minimum absolute atomic E-state index is 0.967. The molecule has 2 aromatic rings. The van der Waals surface area contributed by atoms with Gasteiger partial charge in [0, 0.05) is 52.2 Å². The zero-order valence-corrected chi connectivity index (χ0v) is 13.7. The molecule has 0 saturated carbocycles. The average Bonchev–Trinajstić information content (AvgIpc) is 2.93. The van der Waals surface area contributed by atoms with E-state index in [4.69, 9.17) is 0 Å². The second kappa shape index (κ2) is 7.07. The van der Waals surface area contributed by atoms with E-state index >= 15 is 0 Å². The molecule has 1 aromatic carbocycles. The second-order valence-corrected chi connectivity index (χ2v) is 6.25. The first-order chi connectivity index (χ1) is 10.7. The average molecular weight is 298 g/mol. The molecular formula is C18H26N4. The Kier molecular flexibility index (Phi) is 4.90. The van der Waals surface area contributed by atoms with Gasteiger partial charge in [-0.2, -0.15) is 0 Å². The van der Waals surface area contributed by atoms with Crippen LogP contribution in [0.5, 0.6) is 0 Å². The molecule has 118 valence electrons. The van der Waals surface area contributed by atoms with Crippen LogP contribution in [0.25, 0.3) is 0 Å². The topological polar surface area (TPSA) is 24.3 Å². The van der Waals surface area contributed by atoms with E-state index in [1.807, 2.05) is 12.4 Å². The van der Waals surface area contributed by atoms with Gasteiger partial charge in [-0.3, -0.25) is 4.90 Å². The number of imidazole rings is 1. The lowest BCUT2D eigenvalue weighted by atomic mass is 10.1. The molecule has 0 amide bonds. The Morgan fingerprint density at radius 2 is 1.77 bits per heavy atom. The Balaban J connectivity index is 1.44. The normalized spacial score (nSPS) is 17.0. The molecule has 0 unspecified atom stereocenters. The van der Waals surface area contributed by atoms with Crippen molar-refractivity contribution in [1.29, 1.82) is 0 Å². The number of hydrogen-bond acceptors (Lipinski definition) is 3. The largest absolute Gasteiger partial charge is 0.337 e. The maximum absolute atomic E-state index is 4.42. The van der Waals surface area contributed by atoms with Crippen LogP contribution in [0, 0.1) is 6.92 Å². The highest BCUT2D eigenvalue weighted by molar-refractivity contribution is 5.25. The minimum Gasteiger partial charge on any atom is -0.337 e. The van der Waals surface area contributed by atoms with E-state index in [0.717, 1.165) is 45.0 Å². The predicted molar refractivity (Wildman–Crippen MR) is 89.8 cm³/mol. The van der Waals surface area contributed by atoms with E-state index in [1.165, 1.54) is 17.7 Å². The highest BCUT2D eigenvalue weighted by atomic mass is 15.3. The summed E-state index contributed by atoms with van der Waals surface area (Å²) >= 11 is 0. The SMILES string of the molecule is Cc1ccccc1CCN1CCN(Cc2nccn2C)CC1. The molecule has 1 fully saturated rings. The number of aromatic nitrogens is 2. The van der Waals surface area contributed by atoms with E-state index in [0.29, 0.717) is 0 Å². The number of benzene rings is 1.